The van der Waals surface area contributed by atoms with Crippen LogP contribution in [-0.4, -0.2) is 5.78 Å². The van der Waals surface area contributed by atoms with Gasteiger partial charge in [-0.25, -0.2) is 0 Å². The zero-order valence-corrected chi connectivity index (χ0v) is 14.3. The van der Waals surface area contributed by atoms with E-state index in [9.17, 15) is 4.79 Å². The van der Waals surface area contributed by atoms with Crippen LogP contribution in [-0.2, 0) is 4.79 Å². The number of hydrogen-bond acceptors (Lipinski definition) is 1. The van der Waals surface area contributed by atoms with Crippen molar-refractivity contribution in [3.8, 4) is 23.7 Å². The van der Waals surface area contributed by atoms with Crippen molar-refractivity contribution in [2.75, 3.05) is 0 Å². The molecule has 0 aromatic carbocycles. The van der Waals surface area contributed by atoms with Gasteiger partial charge in [-0.05, 0) is 32.6 Å². The second kappa shape index (κ2) is 15.2. The van der Waals surface area contributed by atoms with Crippen LogP contribution < -0.4 is 0 Å². The molecule has 0 aromatic rings. The first kappa shape index (κ1) is 19.8. The van der Waals surface area contributed by atoms with Crippen LogP contribution in [0.4, 0.5) is 0 Å². The van der Waals surface area contributed by atoms with Crippen molar-refractivity contribution in [1.82, 2.24) is 0 Å². The van der Waals surface area contributed by atoms with Crippen LogP contribution in [0.5, 0.6) is 0 Å². The van der Waals surface area contributed by atoms with Crippen molar-refractivity contribution in [2.24, 2.45) is 5.92 Å². The Bertz CT molecular complexity index is 372. The van der Waals surface area contributed by atoms with E-state index in [2.05, 4.69) is 30.6 Å². The van der Waals surface area contributed by atoms with Crippen LogP contribution in [0.15, 0.2) is 0 Å². The second-order valence-corrected chi connectivity index (χ2v) is 5.88. The molecular weight excluding hydrogens is 256 g/mol. The molecule has 0 aromatic heterocycles. The third-order valence-electron chi connectivity index (χ3n) is 3.64. The Hall–Kier alpha value is -1.21. The van der Waals surface area contributed by atoms with Crippen molar-refractivity contribution in [1.29, 1.82) is 0 Å². The fourth-order valence-electron chi connectivity index (χ4n) is 2.38. The summed E-state index contributed by atoms with van der Waals surface area (Å²) in [4.78, 5) is 11.8. The number of rotatable bonds is 12. The summed E-state index contributed by atoms with van der Waals surface area (Å²) in [7, 11) is 0. The molecular formula is C20H32O. The molecule has 0 heterocycles. The highest BCUT2D eigenvalue weighted by atomic mass is 16.1. The molecule has 1 nitrogen and oxygen atoms in total. The maximum atomic E-state index is 11.8. The summed E-state index contributed by atoms with van der Waals surface area (Å²) >= 11 is 0. The monoisotopic (exact) mass is 288 g/mol. The number of hydrogen-bond donors (Lipinski definition) is 0. The van der Waals surface area contributed by atoms with E-state index < -0.39 is 0 Å². The first-order valence-corrected chi connectivity index (χ1v) is 8.51. The van der Waals surface area contributed by atoms with Crippen molar-refractivity contribution in [3.63, 3.8) is 0 Å². The zero-order valence-electron chi connectivity index (χ0n) is 14.3. The van der Waals surface area contributed by atoms with Crippen molar-refractivity contribution < 1.29 is 4.79 Å². The van der Waals surface area contributed by atoms with Crippen LogP contribution in [0.2, 0.25) is 0 Å². The molecule has 0 unspecified atom stereocenters. The zero-order chi connectivity index (χ0) is 15.8. The smallest absolute Gasteiger partial charge is 0.133 e. The number of ketones is 1. The van der Waals surface area contributed by atoms with Crippen molar-refractivity contribution >= 4 is 5.78 Å². The minimum absolute atomic E-state index is 0.413. The van der Waals surface area contributed by atoms with E-state index >= 15 is 0 Å². The summed E-state index contributed by atoms with van der Waals surface area (Å²) < 4.78 is 0. The highest BCUT2D eigenvalue weighted by Crippen LogP contribution is 2.13. The Kier molecular flexibility index (Phi) is 14.3. The van der Waals surface area contributed by atoms with Gasteiger partial charge in [0.05, 0.1) is 0 Å². The Morgan fingerprint density at radius 3 is 2.05 bits per heavy atom. The average Bonchev–Trinajstić information content (AvgIpc) is 2.47. The molecule has 118 valence electrons. The van der Waals surface area contributed by atoms with Crippen LogP contribution in [0.25, 0.3) is 0 Å². The van der Waals surface area contributed by atoms with Gasteiger partial charge in [-0.1, -0.05) is 39.0 Å². The SMILES string of the molecule is CC#CCCCCCCCCCC(=O)C[C@H](C)CC#CC. The predicted molar refractivity (Wildman–Crippen MR) is 91.9 cm³/mol. The number of carbonyl (C=O) groups is 1. The summed E-state index contributed by atoms with van der Waals surface area (Å²) in [6, 6.07) is 0. The minimum Gasteiger partial charge on any atom is -0.300 e. The molecule has 0 rings (SSSR count). The lowest BCUT2D eigenvalue weighted by atomic mass is 9.98. The molecule has 0 spiro atoms. The largest absolute Gasteiger partial charge is 0.300 e. The van der Waals surface area contributed by atoms with Gasteiger partial charge in [-0.2, -0.15) is 0 Å². The second-order valence-electron chi connectivity index (χ2n) is 5.88. The fourth-order valence-corrected chi connectivity index (χ4v) is 2.38. The molecule has 0 bridgehead atoms. The predicted octanol–water partition coefficient (Wildman–Crippen LogP) is 5.53. The summed E-state index contributed by atoms with van der Waals surface area (Å²) in [6.45, 7) is 5.87. The quantitative estimate of drug-likeness (QED) is 0.341. The highest BCUT2D eigenvalue weighted by molar-refractivity contribution is 5.78. The summed E-state index contributed by atoms with van der Waals surface area (Å²) in [5, 5.41) is 0. The molecule has 0 saturated carbocycles. The third-order valence-corrected chi connectivity index (χ3v) is 3.64. The molecule has 0 aliphatic carbocycles. The minimum atomic E-state index is 0.413. The highest BCUT2D eigenvalue weighted by Gasteiger charge is 2.07. The summed E-state index contributed by atoms with van der Waals surface area (Å²) in [6.07, 6.45) is 12.0. The molecule has 0 saturated heterocycles. The van der Waals surface area contributed by atoms with Crippen molar-refractivity contribution in [3.05, 3.63) is 0 Å². The molecule has 1 atom stereocenters. The fraction of sp³-hybridized carbons (Fsp3) is 0.750. The van der Waals surface area contributed by atoms with Gasteiger partial charge < -0.3 is 0 Å². The lowest BCUT2D eigenvalue weighted by Gasteiger charge is -2.06. The number of carbonyl (C=O) groups excluding carboxylic acids is 1. The molecule has 0 amide bonds. The maximum Gasteiger partial charge on any atom is 0.133 e. The van der Waals surface area contributed by atoms with E-state index in [4.69, 9.17) is 0 Å². The van der Waals surface area contributed by atoms with Crippen LogP contribution in [0, 0.1) is 29.6 Å². The van der Waals surface area contributed by atoms with E-state index in [1.165, 1.54) is 38.5 Å². The Balaban J connectivity index is 3.34. The van der Waals surface area contributed by atoms with E-state index in [1.807, 2.05) is 13.8 Å². The van der Waals surface area contributed by atoms with Crippen LogP contribution in [0.1, 0.15) is 91.4 Å². The Morgan fingerprint density at radius 1 is 0.857 bits per heavy atom. The topological polar surface area (TPSA) is 17.1 Å². The summed E-state index contributed by atoms with van der Waals surface area (Å²) in [5.41, 5.74) is 0. The third kappa shape index (κ3) is 15.0. The maximum absolute atomic E-state index is 11.8. The van der Waals surface area contributed by atoms with E-state index in [0.29, 0.717) is 18.1 Å². The molecule has 21 heavy (non-hydrogen) atoms. The average molecular weight is 288 g/mol. The first-order valence-electron chi connectivity index (χ1n) is 8.51. The van der Waals surface area contributed by atoms with Crippen molar-refractivity contribution in [2.45, 2.75) is 91.4 Å². The van der Waals surface area contributed by atoms with Gasteiger partial charge in [0, 0.05) is 25.7 Å². The molecule has 0 fully saturated rings. The van der Waals surface area contributed by atoms with E-state index in [0.717, 1.165) is 25.7 Å². The van der Waals surface area contributed by atoms with Gasteiger partial charge >= 0.3 is 0 Å². The molecule has 0 aliphatic rings. The normalized spacial score (nSPS) is 11.0. The number of Topliss-reactive ketones (excluding diaryl/α,β-unsaturated/α-hetero) is 1. The lowest BCUT2D eigenvalue weighted by Crippen LogP contribution is -2.04. The molecule has 0 N–H and O–H groups in total. The molecule has 1 heteroatoms. The lowest BCUT2D eigenvalue weighted by molar-refractivity contribution is -0.119. The van der Waals surface area contributed by atoms with E-state index in [1.54, 1.807) is 0 Å². The molecule has 0 aliphatic heterocycles. The van der Waals surface area contributed by atoms with Gasteiger partial charge in [0.1, 0.15) is 5.78 Å². The van der Waals surface area contributed by atoms with Gasteiger partial charge in [-0.3, -0.25) is 4.79 Å². The van der Waals surface area contributed by atoms with Crippen LogP contribution in [0.3, 0.4) is 0 Å². The van der Waals surface area contributed by atoms with E-state index in [-0.39, 0.29) is 0 Å². The van der Waals surface area contributed by atoms with Crippen LogP contribution >= 0.6 is 0 Å². The Labute approximate surface area is 132 Å². The Morgan fingerprint density at radius 2 is 1.43 bits per heavy atom. The van der Waals surface area contributed by atoms with Gasteiger partial charge in [0.15, 0.2) is 0 Å². The molecule has 0 radical (unpaired) electrons. The summed E-state index contributed by atoms with van der Waals surface area (Å²) in [5.74, 6) is 12.8. The van der Waals surface area contributed by atoms with Gasteiger partial charge in [0.25, 0.3) is 0 Å². The van der Waals surface area contributed by atoms with Gasteiger partial charge in [0.2, 0.25) is 0 Å². The number of unbranched alkanes of at least 4 members (excludes halogenated alkanes) is 7. The standard InChI is InChI=1S/C20H32O/c1-4-6-8-9-10-11-12-13-14-15-17-20(21)18-19(3)16-7-5-2/h19H,8-18H2,1-3H3/t19-/m1/s1. The van der Waals surface area contributed by atoms with Gasteiger partial charge in [-0.15, -0.1) is 23.7 Å². The first-order chi connectivity index (χ1) is 10.2.